The summed E-state index contributed by atoms with van der Waals surface area (Å²) in [4.78, 5) is 15.3. The lowest BCUT2D eigenvalue weighted by Crippen LogP contribution is -2.53. The van der Waals surface area contributed by atoms with E-state index in [1.165, 1.54) is 22.3 Å². The van der Waals surface area contributed by atoms with Gasteiger partial charge in [0, 0.05) is 6.54 Å². The van der Waals surface area contributed by atoms with Gasteiger partial charge >= 0.3 is 6.09 Å². The summed E-state index contributed by atoms with van der Waals surface area (Å²) >= 11 is 0. The molecule has 1 aliphatic carbocycles. The molecule has 170 valence electrons. The minimum Gasteiger partial charge on any atom is -0.494 e. The van der Waals surface area contributed by atoms with Crippen LogP contribution in [-0.2, 0) is 11.2 Å². The fraction of sp³-hybridized carbons (Fsp3) is 0.519. The maximum Gasteiger partial charge on any atom is 0.407 e. The second-order valence-electron chi connectivity index (χ2n) is 10.2. The van der Waals surface area contributed by atoms with Crippen LogP contribution >= 0.6 is 0 Å². The fourth-order valence-electron chi connectivity index (χ4n) is 5.75. The molecule has 5 nitrogen and oxygen atoms in total. The predicted molar refractivity (Wildman–Crippen MR) is 126 cm³/mol. The quantitative estimate of drug-likeness (QED) is 0.703. The van der Waals surface area contributed by atoms with Gasteiger partial charge in [0.1, 0.15) is 11.9 Å². The summed E-state index contributed by atoms with van der Waals surface area (Å²) in [6.45, 7) is 10.3. The van der Waals surface area contributed by atoms with Crippen molar-refractivity contribution in [3.63, 3.8) is 0 Å². The van der Waals surface area contributed by atoms with Crippen LogP contribution in [0.3, 0.4) is 0 Å². The second kappa shape index (κ2) is 8.43. The van der Waals surface area contributed by atoms with Gasteiger partial charge < -0.3 is 14.8 Å². The molecule has 1 amide bonds. The van der Waals surface area contributed by atoms with E-state index in [0.29, 0.717) is 12.5 Å². The van der Waals surface area contributed by atoms with E-state index in [1.54, 1.807) is 0 Å². The molecule has 3 fully saturated rings. The molecule has 2 atom stereocenters. The Bertz CT molecular complexity index is 977. The van der Waals surface area contributed by atoms with E-state index in [2.05, 4.69) is 54.4 Å². The van der Waals surface area contributed by atoms with Gasteiger partial charge in [-0.3, -0.25) is 4.90 Å². The minimum absolute atomic E-state index is 0.0310. The Morgan fingerprint density at radius 3 is 2.47 bits per heavy atom. The summed E-state index contributed by atoms with van der Waals surface area (Å²) < 4.78 is 11.5. The number of rotatable bonds is 5. The highest BCUT2D eigenvalue weighted by molar-refractivity contribution is 5.70. The lowest BCUT2D eigenvalue weighted by Gasteiger charge is -2.44. The first-order valence-corrected chi connectivity index (χ1v) is 12.0. The van der Waals surface area contributed by atoms with Crippen molar-refractivity contribution in [1.82, 2.24) is 10.2 Å². The first-order chi connectivity index (χ1) is 15.4. The SMILES string of the molecule is CCOc1ccc(-c2ccc3c(c2)CC(C)(C)C3NC(=O)O[C@@H]2CN3CCC2CC3)cc1. The molecule has 6 rings (SSSR count). The molecule has 5 heteroatoms. The zero-order chi connectivity index (χ0) is 22.3. The van der Waals surface area contributed by atoms with Crippen LogP contribution < -0.4 is 10.1 Å². The van der Waals surface area contributed by atoms with Crippen LogP contribution in [0.2, 0.25) is 0 Å². The third-order valence-corrected chi connectivity index (χ3v) is 7.50. The summed E-state index contributed by atoms with van der Waals surface area (Å²) in [5.41, 5.74) is 4.81. The van der Waals surface area contributed by atoms with Crippen LogP contribution in [0.5, 0.6) is 5.75 Å². The van der Waals surface area contributed by atoms with E-state index >= 15 is 0 Å². The van der Waals surface area contributed by atoms with Crippen LogP contribution in [0, 0.1) is 11.3 Å². The number of benzene rings is 2. The Morgan fingerprint density at radius 2 is 1.81 bits per heavy atom. The first-order valence-electron chi connectivity index (χ1n) is 12.0. The second-order valence-corrected chi connectivity index (χ2v) is 10.2. The van der Waals surface area contributed by atoms with E-state index in [-0.39, 0.29) is 23.7 Å². The molecule has 32 heavy (non-hydrogen) atoms. The number of nitrogens with one attached hydrogen (secondary N) is 1. The Balaban J connectivity index is 1.30. The molecule has 1 N–H and O–H groups in total. The maximum absolute atomic E-state index is 12.9. The van der Waals surface area contributed by atoms with E-state index in [4.69, 9.17) is 9.47 Å². The molecule has 0 radical (unpaired) electrons. The summed E-state index contributed by atoms with van der Waals surface area (Å²) in [6, 6.07) is 14.8. The van der Waals surface area contributed by atoms with Gasteiger partial charge in [-0.25, -0.2) is 4.79 Å². The zero-order valence-electron chi connectivity index (χ0n) is 19.4. The van der Waals surface area contributed by atoms with Crippen LogP contribution in [0.1, 0.15) is 50.8 Å². The lowest BCUT2D eigenvalue weighted by atomic mass is 9.85. The highest BCUT2D eigenvalue weighted by Gasteiger charge is 2.42. The Hall–Kier alpha value is -2.53. The van der Waals surface area contributed by atoms with E-state index < -0.39 is 0 Å². The minimum atomic E-state index is -0.273. The standard InChI is InChI=1S/C27H34N2O3/c1-4-31-22-8-5-18(6-9-22)20-7-10-23-21(15-20)16-27(2,3)25(23)28-26(30)32-24-17-29-13-11-19(24)12-14-29/h5-10,15,19,24-25H,4,11-14,16-17H2,1-3H3,(H,28,30)/t24-,25?/m1/s1. The maximum atomic E-state index is 12.9. The molecule has 2 aromatic rings. The van der Waals surface area contributed by atoms with Gasteiger partial charge in [0.25, 0.3) is 0 Å². The lowest BCUT2D eigenvalue weighted by molar-refractivity contribution is -0.0348. The van der Waals surface area contributed by atoms with Gasteiger partial charge in [0.2, 0.25) is 0 Å². The molecule has 0 aromatic heterocycles. The summed E-state index contributed by atoms with van der Waals surface area (Å²) in [5, 5.41) is 3.22. The Morgan fingerprint density at radius 1 is 1.09 bits per heavy atom. The first kappa shape index (κ1) is 21.3. The van der Waals surface area contributed by atoms with Crippen LogP contribution in [0.4, 0.5) is 4.79 Å². The number of carbonyl (C=O) groups is 1. The van der Waals surface area contributed by atoms with Gasteiger partial charge in [-0.1, -0.05) is 44.2 Å². The highest BCUT2D eigenvalue weighted by atomic mass is 16.6. The summed E-state index contributed by atoms with van der Waals surface area (Å²) in [7, 11) is 0. The van der Waals surface area contributed by atoms with E-state index in [9.17, 15) is 4.79 Å². The predicted octanol–water partition coefficient (Wildman–Crippen LogP) is 5.20. The summed E-state index contributed by atoms with van der Waals surface area (Å²) in [6.07, 6.45) is 2.97. The molecule has 0 saturated carbocycles. The van der Waals surface area contributed by atoms with Crippen LogP contribution in [-0.4, -0.2) is 43.3 Å². The summed E-state index contributed by atoms with van der Waals surface area (Å²) in [5.74, 6) is 1.41. The number of nitrogens with zero attached hydrogens (tertiary/aromatic N) is 1. The molecular formula is C27H34N2O3. The van der Waals surface area contributed by atoms with Crippen molar-refractivity contribution in [2.75, 3.05) is 26.2 Å². The van der Waals surface area contributed by atoms with E-state index in [1.807, 2.05) is 19.1 Å². The van der Waals surface area contributed by atoms with Crippen molar-refractivity contribution >= 4 is 6.09 Å². The van der Waals surface area contributed by atoms with Crippen molar-refractivity contribution in [1.29, 1.82) is 0 Å². The number of piperidine rings is 3. The van der Waals surface area contributed by atoms with Crippen molar-refractivity contribution in [3.05, 3.63) is 53.6 Å². The van der Waals surface area contributed by atoms with E-state index in [0.717, 1.165) is 44.6 Å². The average Bonchev–Trinajstić information content (AvgIpc) is 3.04. The average molecular weight is 435 g/mol. The normalized spacial score (nSPS) is 27.6. The molecule has 3 heterocycles. The number of hydrogen-bond donors (Lipinski definition) is 1. The van der Waals surface area contributed by atoms with Gasteiger partial charge in [0.15, 0.2) is 0 Å². The molecular weight excluding hydrogens is 400 g/mol. The van der Waals surface area contributed by atoms with Gasteiger partial charge in [-0.05, 0) is 85.0 Å². The van der Waals surface area contributed by atoms with Gasteiger partial charge in [-0.2, -0.15) is 0 Å². The number of hydrogen-bond acceptors (Lipinski definition) is 4. The number of ether oxygens (including phenoxy) is 2. The topological polar surface area (TPSA) is 50.8 Å². The van der Waals surface area contributed by atoms with Crippen molar-refractivity contribution in [2.45, 2.75) is 52.2 Å². The number of fused-ring (bicyclic) bond motifs is 4. The largest absolute Gasteiger partial charge is 0.494 e. The Kier molecular flexibility index (Phi) is 5.62. The highest BCUT2D eigenvalue weighted by Crippen LogP contribution is 2.46. The number of carbonyl (C=O) groups excluding carboxylic acids is 1. The molecule has 2 aromatic carbocycles. The molecule has 3 saturated heterocycles. The van der Waals surface area contributed by atoms with Gasteiger partial charge in [-0.15, -0.1) is 0 Å². The number of alkyl carbamates (subject to hydrolysis) is 1. The molecule has 3 aliphatic heterocycles. The molecule has 4 aliphatic rings. The van der Waals surface area contributed by atoms with Gasteiger partial charge in [0.05, 0.1) is 12.6 Å². The van der Waals surface area contributed by atoms with Crippen LogP contribution in [0.15, 0.2) is 42.5 Å². The monoisotopic (exact) mass is 434 g/mol. The molecule has 2 bridgehead atoms. The molecule has 1 unspecified atom stereocenters. The zero-order valence-corrected chi connectivity index (χ0v) is 19.4. The van der Waals surface area contributed by atoms with Crippen molar-refractivity contribution in [3.8, 4) is 16.9 Å². The molecule has 0 spiro atoms. The third-order valence-electron chi connectivity index (χ3n) is 7.50. The van der Waals surface area contributed by atoms with Crippen molar-refractivity contribution < 1.29 is 14.3 Å². The Labute approximate surface area is 191 Å². The smallest absolute Gasteiger partial charge is 0.407 e. The third kappa shape index (κ3) is 4.11. The van der Waals surface area contributed by atoms with Crippen molar-refractivity contribution in [2.24, 2.45) is 11.3 Å². The van der Waals surface area contributed by atoms with Crippen LogP contribution in [0.25, 0.3) is 11.1 Å². The fourth-order valence-corrected chi connectivity index (χ4v) is 5.75. The number of amides is 1.